The SMILES string of the molecule is CC(C)Oc1cc(N)cc(NC(C)c2cccc(F)c2)c1. The number of benzene rings is 2. The molecule has 3 N–H and O–H groups in total. The van der Waals surface area contributed by atoms with E-state index < -0.39 is 0 Å². The van der Waals surface area contributed by atoms with E-state index >= 15 is 0 Å². The Morgan fingerprint density at radius 3 is 2.52 bits per heavy atom. The Labute approximate surface area is 124 Å². The molecule has 0 aliphatic carbocycles. The van der Waals surface area contributed by atoms with Gasteiger partial charge in [-0.15, -0.1) is 0 Å². The Balaban J connectivity index is 2.17. The molecule has 2 rings (SSSR count). The van der Waals surface area contributed by atoms with Gasteiger partial charge in [-0.25, -0.2) is 4.39 Å². The molecule has 0 amide bonds. The van der Waals surface area contributed by atoms with Gasteiger partial charge in [-0.1, -0.05) is 12.1 Å². The number of hydrogen-bond donors (Lipinski definition) is 2. The molecule has 0 fully saturated rings. The van der Waals surface area contributed by atoms with Gasteiger partial charge in [-0.2, -0.15) is 0 Å². The first-order chi connectivity index (χ1) is 9.94. The quantitative estimate of drug-likeness (QED) is 0.803. The molecule has 0 saturated carbocycles. The minimum atomic E-state index is -0.238. The number of nitrogens with one attached hydrogen (secondary N) is 1. The number of rotatable bonds is 5. The van der Waals surface area contributed by atoms with Gasteiger partial charge in [0.05, 0.1) is 6.10 Å². The van der Waals surface area contributed by atoms with Gasteiger partial charge in [0, 0.05) is 29.5 Å². The number of halogens is 1. The molecule has 0 saturated heterocycles. The van der Waals surface area contributed by atoms with Gasteiger partial charge in [-0.3, -0.25) is 0 Å². The molecule has 0 aromatic heterocycles. The highest BCUT2D eigenvalue weighted by atomic mass is 19.1. The molecule has 112 valence electrons. The Morgan fingerprint density at radius 1 is 1.10 bits per heavy atom. The van der Waals surface area contributed by atoms with Crippen LogP contribution in [0.3, 0.4) is 0 Å². The summed E-state index contributed by atoms with van der Waals surface area (Å²) < 4.78 is 18.9. The zero-order valence-corrected chi connectivity index (χ0v) is 12.6. The number of nitrogen functional groups attached to an aromatic ring is 1. The lowest BCUT2D eigenvalue weighted by Gasteiger charge is -2.18. The predicted octanol–water partition coefficient (Wildman–Crippen LogP) is 4.37. The van der Waals surface area contributed by atoms with Gasteiger partial charge in [-0.05, 0) is 44.5 Å². The molecule has 0 aliphatic heterocycles. The highest BCUT2D eigenvalue weighted by Crippen LogP contribution is 2.27. The second kappa shape index (κ2) is 6.48. The monoisotopic (exact) mass is 288 g/mol. The van der Waals surface area contributed by atoms with E-state index in [9.17, 15) is 4.39 Å². The lowest BCUT2D eigenvalue weighted by molar-refractivity contribution is 0.242. The maximum absolute atomic E-state index is 13.3. The van der Waals surface area contributed by atoms with Crippen molar-refractivity contribution in [3.05, 3.63) is 53.8 Å². The fourth-order valence-electron chi connectivity index (χ4n) is 2.15. The van der Waals surface area contributed by atoms with Gasteiger partial charge < -0.3 is 15.8 Å². The molecule has 4 heteroatoms. The highest BCUT2D eigenvalue weighted by Gasteiger charge is 2.08. The lowest BCUT2D eigenvalue weighted by atomic mass is 10.1. The van der Waals surface area contributed by atoms with Gasteiger partial charge in [0.15, 0.2) is 0 Å². The van der Waals surface area contributed by atoms with E-state index in [2.05, 4.69) is 5.32 Å². The van der Waals surface area contributed by atoms with Crippen molar-refractivity contribution in [2.45, 2.75) is 32.9 Å². The van der Waals surface area contributed by atoms with Gasteiger partial charge in [0.1, 0.15) is 11.6 Å². The van der Waals surface area contributed by atoms with Gasteiger partial charge >= 0.3 is 0 Å². The summed E-state index contributed by atoms with van der Waals surface area (Å²) >= 11 is 0. The maximum Gasteiger partial charge on any atom is 0.123 e. The summed E-state index contributed by atoms with van der Waals surface area (Å²) in [5.74, 6) is 0.483. The molecule has 1 unspecified atom stereocenters. The largest absolute Gasteiger partial charge is 0.491 e. The third kappa shape index (κ3) is 4.38. The lowest BCUT2D eigenvalue weighted by Crippen LogP contribution is -2.09. The van der Waals surface area contributed by atoms with Crippen molar-refractivity contribution in [1.82, 2.24) is 0 Å². The molecular formula is C17H21FN2O. The van der Waals surface area contributed by atoms with Crippen LogP contribution >= 0.6 is 0 Å². The third-order valence-electron chi connectivity index (χ3n) is 3.03. The van der Waals surface area contributed by atoms with Crippen molar-refractivity contribution in [3.63, 3.8) is 0 Å². The predicted molar refractivity (Wildman–Crippen MR) is 85.1 cm³/mol. The highest BCUT2D eigenvalue weighted by molar-refractivity contribution is 5.60. The van der Waals surface area contributed by atoms with Crippen molar-refractivity contribution >= 4 is 11.4 Å². The summed E-state index contributed by atoms with van der Waals surface area (Å²) in [7, 11) is 0. The second-order valence-electron chi connectivity index (χ2n) is 5.38. The number of ether oxygens (including phenoxy) is 1. The van der Waals surface area contributed by atoms with Crippen LogP contribution in [-0.4, -0.2) is 6.10 Å². The Hall–Kier alpha value is -2.23. The van der Waals surface area contributed by atoms with Crippen LogP contribution in [0.5, 0.6) is 5.75 Å². The first-order valence-electron chi connectivity index (χ1n) is 7.03. The Bertz CT molecular complexity index is 613. The van der Waals surface area contributed by atoms with Crippen molar-refractivity contribution < 1.29 is 9.13 Å². The van der Waals surface area contributed by atoms with E-state index in [4.69, 9.17) is 10.5 Å². The van der Waals surface area contributed by atoms with E-state index in [0.29, 0.717) is 5.69 Å². The van der Waals surface area contributed by atoms with Crippen LogP contribution < -0.4 is 15.8 Å². The van der Waals surface area contributed by atoms with E-state index in [1.807, 2.05) is 39.0 Å². The second-order valence-corrected chi connectivity index (χ2v) is 5.38. The van der Waals surface area contributed by atoms with Crippen LogP contribution in [0.15, 0.2) is 42.5 Å². The van der Waals surface area contributed by atoms with Gasteiger partial charge in [0.2, 0.25) is 0 Å². The van der Waals surface area contributed by atoms with Crippen molar-refractivity contribution in [3.8, 4) is 5.75 Å². The third-order valence-corrected chi connectivity index (χ3v) is 3.03. The van der Waals surface area contributed by atoms with Crippen LogP contribution in [0.25, 0.3) is 0 Å². The number of hydrogen-bond acceptors (Lipinski definition) is 3. The molecule has 0 radical (unpaired) electrons. The smallest absolute Gasteiger partial charge is 0.123 e. The van der Waals surface area contributed by atoms with E-state index in [-0.39, 0.29) is 18.0 Å². The molecule has 3 nitrogen and oxygen atoms in total. The average Bonchev–Trinajstić information content (AvgIpc) is 2.37. The van der Waals surface area contributed by atoms with Crippen LogP contribution in [-0.2, 0) is 0 Å². The molecule has 0 heterocycles. The van der Waals surface area contributed by atoms with Crippen LogP contribution in [0.2, 0.25) is 0 Å². The standard InChI is InChI=1S/C17H21FN2O/c1-11(2)21-17-9-15(19)8-16(10-17)20-12(3)13-5-4-6-14(18)7-13/h4-12,20H,19H2,1-3H3. The molecule has 21 heavy (non-hydrogen) atoms. The number of anilines is 2. The zero-order valence-electron chi connectivity index (χ0n) is 12.6. The van der Waals surface area contributed by atoms with Crippen LogP contribution in [0.4, 0.5) is 15.8 Å². The maximum atomic E-state index is 13.3. The first kappa shape index (κ1) is 15.2. The molecule has 2 aromatic rings. The fourth-order valence-corrected chi connectivity index (χ4v) is 2.15. The molecule has 1 atom stereocenters. The molecule has 2 aromatic carbocycles. The fraction of sp³-hybridized carbons (Fsp3) is 0.294. The van der Waals surface area contributed by atoms with E-state index in [0.717, 1.165) is 17.0 Å². The summed E-state index contributed by atoms with van der Waals surface area (Å²) in [6, 6.07) is 12.0. The molecule has 0 aliphatic rings. The van der Waals surface area contributed by atoms with Crippen LogP contribution in [0, 0.1) is 5.82 Å². The normalized spacial score (nSPS) is 12.2. The number of nitrogens with two attached hydrogens (primary N) is 1. The molecular weight excluding hydrogens is 267 g/mol. The van der Waals surface area contributed by atoms with E-state index in [1.165, 1.54) is 12.1 Å². The minimum absolute atomic E-state index is 0.0330. The molecule has 0 spiro atoms. The topological polar surface area (TPSA) is 47.3 Å². The summed E-state index contributed by atoms with van der Waals surface area (Å²) in [6.07, 6.45) is 0.0836. The minimum Gasteiger partial charge on any atom is -0.491 e. The summed E-state index contributed by atoms with van der Waals surface area (Å²) in [5.41, 5.74) is 8.25. The zero-order chi connectivity index (χ0) is 15.4. The van der Waals surface area contributed by atoms with Gasteiger partial charge in [0.25, 0.3) is 0 Å². The summed E-state index contributed by atoms with van der Waals surface area (Å²) in [5, 5.41) is 3.31. The summed E-state index contributed by atoms with van der Waals surface area (Å²) in [4.78, 5) is 0. The van der Waals surface area contributed by atoms with Crippen molar-refractivity contribution in [1.29, 1.82) is 0 Å². The van der Waals surface area contributed by atoms with Crippen LogP contribution in [0.1, 0.15) is 32.4 Å². The molecule has 0 bridgehead atoms. The average molecular weight is 288 g/mol. The Morgan fingerprint density at radius 2 is 1.86 bits per heavy atom. The summed E-state index contributed by atoms with van der Waals surface area (Å²) in [6.45, 7) is 5.90. The van der Waals surface area contributed by atoms with Crippen molar-refractivity contribution in [2.24, 2.45) is 0 Å². The van der Waals surface area contributed by atoms with Crippen molar-refractivity contribution in [2.75, 3.05) is 11.1 Å². The van der Waals surface area contributed by atoms with E-state index in [1.54, 1.807) is 12.1 Å². The first-order valence-corrected chi connectivity index (χ1v) is 7.03. The Kier molecular flexibility index (Phi) is 4.68.